The van der Waals surface area contributed by atoms with Gasteiger partial charge in [0.05, 0.1) is 5.56 Å². The van der Waals surface area contributed by atoms with E-state index in [-0.39, 0.29) is 5.91 Å². The molecular formula is C17H15N3O2S. The van der Waals surface area contributed by atoms with Crippen LogP contribution in [0.3, 0.4) is 0 Å². The van der Waals surface area contributed by atoms with Crippen LogP contribution in [0.1, 0.15) is 22.3 Å². The van der Waals surface area contributed by atoms with Gasteiger partial charge in [-0.3, -0.25) is 10.1 Å². The summed E-state index contributed by atoms with van der Waals surface area (Å²) in [6.45, 7) is 2.00. The first-order valence-corrected chi connectivity index (χ1v) is 8.03. The lowest BCUT2D eigenvalue weighted by molar-refractivity contribution is 0.102. The number of ether oxygens (including phenoxy) is 1. The third-order valence-corrected chi connectivity index (χ3v) is 4.08. The van der Waals surface area contributed by atoms with E-state index in [4.69, 9.17) is 4.74 Å². The largest absolute Gasteiger partial charge is 0.457 e. The van der Waals surface area contributed by atoms with Crippen LogP contribution in [0.15, 0.2) is 54.6 Å². The van der Waals surface area contributed by atoms with Crippen LogP contribution in [0, 0.1) is 0 Å². The van der Waals surface area contributed by atoms with Gasteiger partial charge in [-0.2, -0.15) is 0 Å². The van der Waals surface area contributed by atoms with Gasteiger partial charge in [0.25, 0.3) is 5.91 Å². The predicted octanol–water partition coefficient (Wildman–Crippen LogP) is 4.15. The zero-order valence-electron chi connectivity index (χ0n) is 12.5. The Morgan fingerprint density at radius 1 is 1.09 bits per heavy atom. The standard InChI is InChI=1S/C17H15N3O2S/c1-2-15-19-20-17(23-15)18-16(21)13-10-6-7-11-14(13)22-12-8-4-3-5-9-12/h3-11H,2H2,1H3,(H,18,20,21). The monoisotopic (exact) mass is 325 g/mol. The van der Waals surface area contributed by atoms with Crippen molar-refractivity contribution in [2.24, 2.45) is 0 Å². The van der Waals surface area contributed by atoms with Gasteiger partial charge < -0.3 is 4.74 Å². The van der Waals surface area contributed by atoms with Crippen molar-refractivity contribution < 1.29 is 9.53 Å². The highest BCUT2D eigenvalue weighted by Gasteiger charge is 2.15. The number of aromatic nitrogens is 2. The summed E-state index contributed by atoms with van der Waals surface area (Å²) in [7, 11) is 0. The molecule has 3 rings (SSSR count). The third-order valence-electron chi connectivity index (χ3n) is 3.09. The summed E-state index contributed by atoms with van der Waals surface area (Å²) < 4.78 is 5.80. The Kier molecular flexibility index (Phi) is 4.63. The molecule has 0 unspecified atom stereocenters. The summed E-state index contributed by atoms with van der Waals surface area (Å²) in [4.78, 5) is 12.5. The topological polar surface area (TPSA) is 64.1 Å². The van der Waals surface area contributed by atoms with Crippen molar-refractivity contribution in [3.8, 4) is 11.5 Å². The molecule has 0 fully saturated rings. The molecular weight excluding hydrogens is 310 g/mol. The van der Waals surface area contributed by atoms with E-state index in [0.717, 1.165) is 11.4 Å². The Labute approximate surface area is 138 Å². The molecule has 0 aliphatic carbocycles. The van der Waals surface area contributed by atoms with Crippen LogP contribution in [0.4, 0.5) is 5.13 Å². The molecule has 1 N–H and O–H groups in total. The van der Waals surface area contributed by atoms with E-state index < -0.39 is 0 Å². The molecule has 1 aromatic heterocycles. The molecule has 116 valence electrons. The number of hydrogen-bond donors (Lipinski definition) is 1. The first-order valence-electron chi connectivity index (χ1n) is 7.22. The summed E-state index contributed by atoms with van der Waals surface area (Å²) >= 11 is 1.37. The van der Waals surface area contributed by atoms with Crippen LogP contribution in [0.2, 0.25) is 0 Å². The second-order valence-electron chi connectivity index (χ2n) is 4.72. The number of amides is 1. The normalized spacial score (nSPS) is 10.3. The van der Waals surface area contributed by atoms with Crippen molar-refractivity contribution in [1.82, 2.24) is 10.2 Å². The SMILES string of the molecule is CCc1nnc(NC(=O)c2ccccc2Oc2ccccc2)s1. The number of para-hydroxylation sites is 2. The van der Waals surface area contributed by atoms with Gasteiger partial charge in [0.15, 0.2) is 0 Å². The average Bonchev–Trinajstić information content (AvgIpc) is 3.04. The number of benzene rings is 2. The highest BCUT2D eigenvalue weighted by atomic mass is 32.1. The quantitative estimate of drug-likeness (QED) is 0.765. The second-order valence-corrected chi connectivity index (χ2v) is 5.78. The fourth-order valence-corrected chi connectivity index (χ4v) is 2.64. The molecule has 0 radical (unpaired) electrons. The molecule has 0 spiro atoms. The number of nitrogens with zero attached hydrogens (tertiary/aromatic N) is 2. The summed E-state index contributed by atoms with van der Waals surface area (Å²) in [5, 5.41) is 12.1. The molecule has 2 aromatic carbocycles. The number of hydrogen-bond acceptors (Lipinski definition) is 5. The zero-order valence-corrected chi connectivity index (χ0v) is 13.3. The predicted molar refractivity (Wildman–Crippen MR) is 90.2 cm³/mol. The molecule has 5 nitrogen and oxygen atoms in total. The van der Waals surface area contributed by atoms with E-state index >= 15 is 0 Å². The fourth-order valence-electron chi connectivity index (χ4n) is 1.97. The van der Waals surface area contributed by atoms with E-state index in [1.807, 2.05) is 43.3 Å². The van der Waals surface area contributed by atoms with Crippen LogP contribution in [0.5, 0.6) is 11.5 Å². The average molecular weight is 325 g/mol. The number of anilines is 1. The van der Waals surface area contributed by atoms with Crippen LogP contribution < -0.4 is 10.1 Å². The number of carbonyl (C=O) groups is 1. The molecule has 3 aromatic rings. The second kappa shape index (κ2) is 7.02. The van der Waals surface area contributed by atoms with Gasteiger partial charge in [-0.15, -0.1) is 10.2 Å². The minimum absolute atomic E-state index is 0.268. The van der Waals surface area contributed by atoms with E-state index in [2.05, 4.69) is 15.5 Å². The number of nitrogens with one attached hydrogen (secondary N) is 1. The number of aryl methyl sites for hydroxylation is 1. The number of rotatable bonds is 5. The minimum atomic E-state index is -0.268. The number of carbonyl (C=O) groups excluding carboxylic acids is 1. The van der Waals surface area contributed by atoms with Gasteiger partial charge in [-0.1, -0.05) is 48.6 Å². The van der Waals surface area contributed by atoms with Crippen molar-refractivity contribution in [2.75, 3.05) is 5.32 Å². The lowest BCUT2D eigenvalue weighted by atomic mass is 10.2. The molecule has 0 bridgehead atoms. The van der Waals surface area contributed by atoms with Crippen LogP contribution in [-0.2, 0) is 6.42 Å². The van der Waals surface area contributed by atoms with E-state index in [0.29, 0.717) is 22.2 Å². The molecule has 23 heavy (non-hydrogen) atoms. The maximum Gasteiger partial charge on any atom is 0.261 e. The first kappa shape index (κ1) is 15.2. The highest BCUT2D eigenvalue weighted by molar-refractivity contribution is 7.15. The Morgan fingerprint density at radius 2 is 1.83 bits per heavy atom. The van der Waals surface area contributed by atoms with E-state index in [9.17, 15) is 4.79 Å². The third kappa shape index (κ3) is 3.73. The Balaban J connectivity index is 1.80. The lowest BCUT2D eigenvalue weighted by Gasteiger charge is -2.10. The van der Waals surface area contributed by atoms with Crippen LogP contribution in [-0.4, -0.2) is 16.1 Å². The molecule has 1 heterocycles. The maximum atomic E-state index is 12.5. The molecule has 1 amide bonds. The highest BCUT2D eigenvalue weighted by Crippen LogP contribution is 2.26. The smallest absolute Gasteiger partial charge is 0.261 e. The Morgan fingerprint density at radius 3 is 2.57 bits per heavy atom. The molecule has 0 aliphatic heterocycles. The molecule has 0 saturated heterocycles. The van der Waals surface area contributed by atoms with Crippen LogP contribution >= 0.6 is 11.3 Å². The molecule has 0 aliphatic rings. The summed E-state index contributed by atoms with van der Waals surface area (Å²) in [5.41, 5.74) is 0.449. The van der Waals surface area contributed by atoms with Gasteiger partial charge in [-0.05, 0) is 30.7 Å². The van der Waals surface area contributed by atoms with Gasteiger partial charge in [0.2, 0.25) is 5.13 Å². The summed E-state index contributed by atoms with van der Waals surface area (Å²) in [6.07, 6.45) is 0.793. The zero-order chi connectivity index (χ0) is 16.1. The van der Waals surface area contributed by atoms with Gasteiger partial charge >= 0.3 is 0 Å². The summed E-state index contributed by atoms with van der Waals surface area (Å²) in [5.74, 6) is 0.906. The van der Waals surface area contributed by atoms with Gasteiger partial charge in [0, 0.05) is 0 Å². The van der Waals surface area contributed by atoms with E-state index in [1.54, 1.807) is 18.2 Å². The molecule has 6 heteroatoms. The van der Waals surface area contributed by atoms with Crippen molar-refractivity contribution >= 4 is 22.4 Å². The lowest BCUT2D eigenvalue weighted by Crippen LogP contribution is -2.12. The summed E-state index contributed by atoms with van der Waals surface area (Å²) in [6, 6.07) is 16.5. The van der Waals surface area contributed by atoms with Gasteiger partial charge in [-0.25, -0.2) is 0 Å². The van der Waals surface area contributed by atoms with E-state index in [1.165, 1.54) is 11.3 Å². The Bertz CT molecular complexity index is 802. The molecule has 0 saturated carbocycles. The van der Waals surface area contributed by atoms with Crippen LogP contribution in [0.25, 0.3) is 0 Å². The maximum absolute atomic E-state index is 12.5. The fraction of sp³-hybridized carbons (Fsp3) is 0.118. The molecule has 0 atom stereocenters. The minimum Gasteiger partial charge on any atom is -0.457 e. The Hall–Kier alpha value is -2.73. The first-order chi connectivity index (χ1) is 11.3. The van der Waals surface area contributed by atoms with Gasteiger partial charge in [0.1, 0.15) is 16.5 Å². The van der Waals surface area contributed by atoms with Crippen molar-refractivity contribution in [3.63, 3.8) is 0 Å². The van der Waals surface area contributed by atoms with Crippen molar-refractivity contribution in [1.29, 1.82) is 0 Å². The van der Waals surface area contributed by atoms with Crippen molar-refractivity contribution in [2.45, 2.75) is 13.3 Å². The van der Waals surface area contributed by atoms with Crippen molar-refractivity contribution in [3.05, 3.63) is 65.2 Å².